The highest BCUT2D eigenvalue weighted by atomic mass is 16.2. The van der Waals surface area contributed by atoms with Crippen LogP contribution in [0.25, 0.3) is 0 Å². The number of Topliss-reactive ketones (excluding diaryl/α,β-unsaturated/α-hetero) is 1. The van der Waals surface area contributed by atoms with Gasteiger partial charge >= 0.3 is 0 Å². The van der Waals surface area contributed by atoms with E-state index in [0.29, 0.717) is 25.1 Å². The van der Waals surface area contributed by atoms with Crippen molar-refractivity contribution in [1.82, 2.24) is 5.32 Å². The molecule has 0 saturated heterocycles. The van der Waals surface area contributed by atoms with E-state index >= 15 is 0 Å². The highest BCUT2D eigenvalue weighted by Crippen LogP contribution is 2.26. The average molecular weight is 244 g/mol. The van der Waals surface area contributed by atoms with E-state index in [-0.39, 0.29) is 18.2 Å². The molecule has 1 aliphatic rings. The first kappa shape index (κ1) is 12.4. The van der Waals surface area contributed by atoms with Gasteiger partial charge in [0.15, 0.2) is 5.78 Å². The summed E-state index contributed by atoms with van der Waals surface area (Å²) < 4.78 is 0. The van der Waals surface area contributed by atoms with Gasteiger partial charge in [-0.15, -0.1) is 6.58 Å². The molecule has 2 rings (SSSR count). The van der Waals surface area contributed by atoms with Gasteiger partial charge < -0.3 is 10.2 Å². The highest BCUT2D eigenvalue weighted by Gasteiger charge is 2.23. The van der Waals surface area contributed by atoms with E-state index in [1.807, 2.05) is 29.2 Å². The zero-order valence-electron chi connectivity index (χ0n) is 10.2. The Kier molecular flexibility index (Phi) is 3.77. The summed E-state index contributed by atoms with van der Waals surface area (Å²) in [5, 5.41) is 2.74. The Labute approximate surface area is 106 Å². The van der Waals surface area contributed by atoms with Gasteiger partial charge in [0.25, 0.3) is 0 Å². The molecular formula is C14H16N2O2. The summed E-state index contributed by atoms with van der Waals surface area (Å²) >= 11 is 0. The predicted octanol–water partition coefficient (Wildman–Crippen LogP) is 1.38. The Hall–Kier alpha value is -2.10. The standard InChI is InChI=1S/C14H16N2O2/c1-2-8-15-14(18)10-16-9-7-13(17)11-5-3-4-6-12(11)16/h2-6H,1,7-10H2,(H,15,18). The first-order valence-electron chi connectivity index (χ1n) is 5.97. The Morgan fingerprint density at radius 1 is 1.44 bits per heavy atom. The fourth-order valence-electron chi connectivity index (χ4n) is 2.06. The monoisotopic (exact) mass is 244 g/mol. The van der Waals surface area contributed by atoms with Crippen LogP contribution >= 0.6 is 0 Å². The van der Waals surface area contributed by atoms with Crippen LogP contribution in [-0.2, 0) is 4.79 Å². The molecule has 1 heterocycles. The van der Waals surface area contributed by atoms with Crippen LogP contribution in [-0.4, -0.2) is 31.3 Å². The van der Waals surface area contributed by atoms with Crippen molar-refractivity contribution in [2.75, 3.05) is 24.5 Å². The lowest BCUT2D eigenvalue weighted by molar-refractivity contribution is -0.119. The number of nitrogens with zero attached hydrogens (tertiary/aromatic N) is 1. The molecule has 0 radical (unpaired) electrons. The Morgan fingerprint density at radius 2 is 2.22 bits per heavy atom. The molecule has 0 fully saturated rings. The van der Waals surface area contributed by atoms with Crippen molar-refractivity contribution in [3.8, 4) is 0 Å². The number of ketones is 1. The van der Waals surface area contributed by atoms with Crippen LogP contribution in [0.4, 0.5) is 5.69 Å². The number of hydrogen-bond donors (Lipinski definition) is 1. The molecule has 0 bridgehead atoms. The van der Waals surface area contributed by atoms with Gasteiger partial charge in [-0.3, -0.25) is 9.59 Å². The third kappa shape index (κ3) is 2.59. The minimum absolute atomic E-state index is 0.0564. The van der Waals surface area contributed by atoms with Crippen LogP contribution in [0.15, 0.2) is 36.9 Å². The van der Waals surface area contributed by atoms with Crippen LogP contribution in [0.1, 0.15) is 16.8 Å². The van der Waals surface area contributed by atoms with Crippen molar-refractivity contribution in [2.45, 2.75) is 6.42 Å². The van der Waals surface area contributed by atoms with Crippen LogP contribution in [0, 0.1) is 0 Å². The van der Waals surface area contributed by atoms with Gasteiger partial charge in [0.1, 0.15) is 0 Å². The number of rotatable bonds is 4. The van der Waals surface area contributed by atoms with Crippen LogP contribution in [0.3, 0.4) is 0 Å². The number of benzene rings is 1. The van der Waals surface area contributed by atoms with Crippen molar-refractivity contribution in [1.29, 1.82) is 0 Å². The van der Waals surface area contributed by atoms with Crippen molar-refractivity contribution in [3.05, 3.63) is 42.5 Å². The fourth-order valence-corrected chi connectivity index (χ4v) is 2.06. The normalized spacial score (nSPS) is 14.0. The second kappa shape index (κ2) is 5.49. The fraction of sp³-hybridized carbons (Fsp3) is 0.286. The van der Waals surface area contributed by atoms with Gasteiger partial charge in [-0.1, -0.05) is 18.2 Å². The smallest absolute Gasteiger partial charge is 0.239 e. The van der Waals surface area contributed by atoms with Gasteiger partial charge in [0.2, 0.25) is 5.91 Å². The topological polar surface area (TPSA) is 49.4 Å². The van der Waals surface area contributed by atoms with E-state index in [1.165, 1.54) is 0 Å². The Bertz CT molecular complexity index is 482. The second-order valence-electron chi connectivity index (χ2n) is 4.20. The molecule has 18 heavy (non-hydrogen) atoms. The Morgan fingerprint density at radius 3 is 3.00 bits per heavy atom. The number of fused-ring (bicyclic) bond motifs is 1. The molecule has 94 valence electrons. The average Bonchev–Trinajstić information content (AvgIpc) is 2.40. The molecule has 0 aliphatic carbocycles. The first-order chi connectivity index (χ1) is 8.72. The number of carbonyl (C=O) groups is 2. The molecule has 1 aliphatic heterocycles. The lowest BCUT2D eigenvalue weighted by Gasteiger charge is -2.29. The number of hydrogen-bond acceptors (Lipinski definition) is 3. The molecule has 1 amide bonds. The maximum Gasteiger partial charge on any atom is 0.239 e. The summed E-state index contributed by atoms with van der Waals surface area (Å²) in [6.45, 7) is 4.89. The highest BCUT2D eigenvalue weighted by molar-refractivity contribution is 6.03. The quantitative estimate of drug-likeness (QED) is 0.814. The SMILES string of the molecule is C=CCNC(=O)CN1CCC(=O)c2ccccc21. The molecule has 0 atom stereocenters. The number of nitrogens with one attached hydrogen (secondary N) is 1. The maximum atomic E-state index is 11.7. The van der Waals surface area contributed by atoms with Gasteiger partial charge in [-0.25, -0.2) is 0 Å². The predicted molar refractivity (Wildman–Crippen MR) is 70.8 cm³/mol. The minimum Gasteiger partial charge on any atom is -0.361 e. The Balaban J connectivity index is 2.11. The molecule has 1 aromatic rings. The second-order valence-corrected chi connectivity index (χ2v) is 4.20. The van der Waals surface area contributed by atoms with Crippen molar-refractivity contribution < 1.29 is 9.59 Å². The largest absolute Gasteiger partial charge is 0.361 e. The number of anilines is 1. The number of carbonyl (C=O) groups excluding carboxylic acids is 2. The van der Waals surface area contributed by atoms with Gasteiger partial charge in [-0.2, -0.15) is 0 Å². The van der Waals surface area contributed by atoms with E-state index in [9.17, 15) is 9.59 Å². The molecule has 0 unspecified atom stereocenters. The van der Waals surface area contributed by atoms with Gasteiger partial charge in [0.05, 0.1) is 6.54 Å². The van der Waals surface area contributed by atoms with E-state index in [4.69, 9.17) is 0 Å². The molecule has 0 saturated carbocycles. The van der Waals surface area contributed by atoms with Crippen LogP contribution < -0.4 is 10.2 Å². The summed E-state index contributed by atoms with van der Waals surface area (Å²) in [5.41, 5.74) is 1.56. The first-order valence-corrected chi connectivity index (χ1v) is 5.97. The molecular weight excluding hydrogens is 228 g/mol. The zero-order chi connectivity index (χ0) is 13.0. The maximum absolute atomic E-state index is 11.7. The minimum atomic E-state index is -0.0564. The summed E-state index contributed by atoms with van der Waals surface area (Å²) in [4.78, 5) is 25.4. The van der Waals surface area contributed by atoms with Crippen LogP contribution in [0.5, 0.6) is 0 Å². The van der Waals surface area contributed by atoms with Crippen molar-refractivity contribution in [2.24, 2.45) is 0 Å². The van der Waals surface area contributed by atoms with Crippen molar-refractivity contribution >= 4 is 17.4 Å². The van der Waals surface area contributed by atoms with Gasteiger partial charge in [-0.05, 0) is 12.1 Å². The molecule has 1 aromatic carbocycles. The van der Waals surface area contributed by atoms with E-state index in [2.05, 4.69) is 11.9 Å². The summed E-state index contributed by atoms with van der Waals surface area (Å²) in [6.07, 6.45) is 2.11. The van der Waals surface area contributed by atoms with Crippen molar-refractivity contribution in [3.63, 3.8) is 0 Å². The summed E-state index contributed by atoms with van der Waals surface area (Å²) in [7, 11) is 0. The third-order valence-corrected chi connectivity index (χ3v) is 2.93. The lowest BCUT2D eigenvalue weighted by Crippen LogP contribution is -2.40. The number of para-hydroxylation sites is 1. The molecule has 0 aromatic heterocycles. The molecule has 1 N–H and O–H groups in total. The third-order valence-electron chi connectivity index (χ3n) is 2.93. The lowest BCUT2D eigenvalue weighted by atomic mass is 10.0. The van der Waals surface area contributed by atoms with E-state index in [1.54, 1.807) is 6.08 Å². The van der Waals surface area contributed by atoms with E-state index in [0.717, 1.165) is 5.69 Å². The number of amides is 1. The zero-order valence-corrected chi connectivity index (χ0v) is 10.2. The van der Waals surface area contributed by atoms with E-state index < -0.39 is 0 Å². The molecule has 0 spiro atoms. The summed E-state index contributed by atoms with van der Waals surface area (Å²) in [5.74, 6) is 0.0902. The molecule has 4 nitrogen and oxygen atoms in total. The van der Waals surface area contributed by atoms with Gasteiger partial charge in [0, 0.05) is 30.8 Å². The molecule has 4 heteroatoms. The van der Waals surface area contributed by atoms with Crippen LogP contribution in [0.2, 0.25) is 0 Å². The summed E-state index contributed by atoms with van der Waals surface area (Å²) in [6, 6.07) is 7.42.